The summed E-state index contributed by atoms with van der Waals surface area (Å²) in [7, 11) is 2.03. The molecule has 0 amide bonds. The Labute approximate surface area is 138 Å². The maximum Gasteiger partial charge on any atom is 0.292 e. The third-order valence-corrected chi connectivity index (χ3v) is 3.76. The molecule has 0 spiro atoms. The summed E-state index contributed by atoms with van der Waals surface area (Å²) in [4.78, 5) is 1.52. The first kappa shape index (κ1) is 15.6. The van der Waals surface area contributed by atoms with E-state index in [1.165, 1.54) is 17.0 Å². The summed E-state index contributed by atoms with van der Waals surface area (Å²) in [6.07, 6.45) is 0. The number of nitrogens with zero attached hydrogens (tertiary/aromatic N) is 2. The molecule has 0 radical (unpaired) electrons. The molecule has 0 saturated heterocycles. The maximum atomic E-state index is 12.9. The van der Waals surface area contributed by atoms with Gasteiger partial charge in [-0.25, -0.2) is 4.39 Å². The fourth-order valence-corrected chi connectivity index (χ4v) is 2.55. The van der Waals surface area contributed by atoms with Gasteiger partial charge in [-0.2, -0.15) is 4.68 Å². The maximum absolute atomic E-state index is 12.9. The summed E-state index contributed by atoms with van der Waals surface area (Å²) < 4.78 is 20.2. The van der Waals surface area contributed by atoms with Crippen molar-refractivity contribution in [1.29, 1.82) is 0 Å². The molecule has 118 valence electrons. The van der Waals surface area contributed by atoms with Crippen LogP contribution < -0.4 is 4.90 Å². The minimum absolute atomic E-state index is 0.224. The first-order chi connectivity index (χ1) is 11.1. The van der Waals surface area contributed by atoms with Crippen LogP contribution in [0, 0.1) is 10.7 Å². The van der Waals surface area contributed by atoms with E-state index in [0.717, 1.165) is 17.7 Å². The highest BCUT2D eigenvalue weighted by Crippen LogP contribution is 2.16. The van der Waals surface area contributed by atoms with Gasteiger partial charge in [0.15, 0.2) is 6.67 Å². The van der Waals surface area contributed by atoms with Crippen LogP contribution in [0.5, 0.6) is 0 Å². The molecule has 1 unspecified atom stereocenters. The van der Waals surface area contributed by atoms with Crippen molar-refractivity contribution in [2.75, 3.05) is 7.05 Å². The van der Waals surface area contributed by atoms with Gasteiger partial charge in [-0.05, 0) is 36.5 Å². The molecule has 0 aliphatic heterocycles. The zero-order valence-electron chi connectivity index (χ0n) is 12.7. The van der Waals surface area contributed by atoms with Crippen molar-refractivity contribution in [2.24, 2.45) is 0 Å². The van der Waals surface area contributed by atoms with E-state index in [1.54, 1.807) is 16.8 Å². The molecule has 1 N–H and O–H groups in total. The van der Waals surface area contributed by atoms with Crippen LogP contribution in [-0.4, -0.2) is 16.8 Å². The van der Waals surface area contributed by atoms with Crippen LogP contribution in [0.25, 0.3) is 11.5 Å². The van der Waals surface area contributed by atoms with Crippen LogP contribution in [0.2, 0.25) is 0 Å². The van der Waals surface area contributed by atoms with Gasteiger partial charge in [0.1, 0.15) is 12.4 Å². The second kappa shape index (κ2) is 6.85. The molecular formula is C17H17FN3OS+. The van der Waals surface area contributed by atoms with Crippen molar-refractivity contribution < 1.29 is 13.7 Å². The van der Waals surface area contributed by atoms with E-state index in [0.29, 0.717) is 17.4 Å². The molecular weight excluding hydrogens is 313 g/mol. The van der Waals surface area contributed by atoms with E-state index in [4.69, 9.17) is 16.6 Å². The molecule has 1 heterocycles. The van der Waals surface area contributed by atoms with Crippen molar-refractivity contribution in [3.05, 3.63) is 70.8 Å². The van der Waals surface area contributed by atoms with Crippen LogP contribution in [0.4, 0.5) is 4.39 Å². The molecule has 3 aromatic rings. The van der Waals surface area contributed by atoms with Crippen LogP contribution in [0.1, 0.15) is 5.56 Å². The van der Waals surface area contributed by atoms with Crippen LogP contribution in [0.15, 0.2) is 59.0 Å². The van der Waals surface area contributed by atoms with E-state index >= 15 is 0 Å². The van der Waals surface area contributed by atoms with E-state index < -0.39 is 0 Å². The topological polar surface area (TPSA) is 35.4 Å². The number of benzene rings is 2. The Kier molecular flexibility index (Phi) is 4.64. The van der Waals surface area contributed by atoms with Gasteiger partial charge in [0.25, 0.3) is 4.84 Å². The fraction of sp³-hybridized carbons (Fsp3) is 0.176. The van der Waals surface area contributed by atoms with Gasteiger partial charge in [-0.3, -0.25) is 0 Å². The lowest BCUT2D eigenvalue weighted by molar-refractivity contribution is -0.917. The van der Waals surface area contributed by atoms with Crippen LogP contribution in [-0.2, 0) is 13.2 Å². The molecule has 4 nitrogen and oxygen atoms in total. The first-order valence-electron chi connectivity index (χ1n) is 7.31. The van der Waals surface area contributed by atoms with Crippen molar-refractivity contribution in [3.63, 3.8) is 0 Å². The molecule has 1 atom stereocenters. The van der Waals surface area contributed by atoms with Crippen molar-refractivity contribution in [2.45, 2.75) is 13.2 Å². The van der Waals surface area contributed by atoms with Gasteiger partial charge >= 0.3 is 0 Å². The van der Waals surface area contributed by atoms with E-state index in [2.05, 4.69) is 5.10 Å². The molecule has 0 fully saturated rings. The third kappa shape index (κ3) is 3.91. The monoisotopic (exact) mass is 330 g/mol. The zero-order chi connectivity index (χ0) is 16.2. The molecule has 6 heteroatoms. The van der Waals surface area contributed by atoms with Gasteiger partial charge in [-0.1, -0.05) is 30.3 Å². The van der Waals surface area contributed by atoms with Crippen molar-refractivity contribution >= 4 is 12.2 Å². The second-order valence-electron chi connectivity index (χ2n) is 5.46. The Morgan fingerprint density at radius 3 is 2.52 bits per heavy atom. The highest BCUT2D eigenvalue weighted by atomic mass is 32.1. The van der Waals surface area contributed by atoms with Gasteiger partial charge in [-0.15, -0.1) is 5.10 Å². The third-order valence-electron chi connectivity index (χ3n) is 3.47. The Morgan fingerprint density at radius 2 is 1.83 bits per heavy atom. The quantitative estimate of drug-likeness (QED) is 0.731. The minimum Gasteiger partial charge on any atom is -0.409 e. The van der Waals surface area contributed by atoms with E-state index in [-0.39, 0.29) is 5.82 Å². The molecule has 0 saturated carbocycles. The lowest BCUT2D eigenvalue weighted by Gasteiger charge is -2.13. The molecule has 3 rings (SSSR count). The highest BCUT2D eigenvalue weighted by molar-refractivity contribution is 7.71. The Bertz CT molecular complexity index is 827. The molecule has 0 aliphatic rings. The average molecular weight is 330 g/mol. The predicted octanol–water partition coefficient (Wildman–Crippen LogP) is 2.68. The second-order valence-corrected chi connectivity index (χ2v) is 5.81. The molecule has 0 bridgehead atoms. The number of hydrogen-bond donors (Lipinski definition) is 1. The smallest absolute Gasteiger partial charge is 0.292 e. The molecule has 2 aromatic carbocycles. The molecule has 0 aliphatic carbocycles. The Hall–Kier alpha value is -2.31. The number of rotatable bonds is 5. The minimum atomic E-state index is -0.224. The lowest BCUT2D eigenvalue weighted by Crippen LogP contribution is -3.07. The van der Waals surface area contributed by atoms with Gasteiger partial charge < -0.3 is 9.32 Å². The van der Waals surface area contributed by atoms with Crippen molar-refractivity contribution in [1.82, 2.24) is 9.78 Å². The van der Waals surface area contributed by atoms with E-state index in [9.17, 15) is 4.39 Å². The number of nitrogens with one attached hydrogen (secondary N) is 1. The largest absolute Gasteiger partial charge is 0.409 e. The summed E-state index contributed by atoms with van der Waals surface area (Å²) in [5.74, 6) is 0.294. The number of quaternary nitrogens is 1. The first-order valence-corrected chi connectivity index (χ1v) is 7.72. The number of hydrogen-bond acceptors (Lipinski definition) is 3. The number of aromatic nitrogens is 2. The van der Waals surface area contributed by atoms with Crippen molar-refractivity contribution in [3.8, 4) is 11.5 Å². The summed E-state index contributed by atoms with van der Waals surface area (Å²) in [5, 5.41) is 4.44. The average Bonchev–Trinajstić information content (AvgIpc) is 2.91. The normalized spacial score (nSPS) is 12.3. The van der Waals surface area contributed by atoms with Gasteiger partial charge in [0.2, 0.25) is 5.89 Å². The molecule has 1 aromatic heterocycles. The van der Waals surface area contributed by atoms with E-state index in [1.807, 2.05) is 37.4 Å². The number of halogens is 1. The SMILES string of the molecule is C[NH+](Cc1ccc(F)cc1)Cn1nc(-c2ccccc2)oc1=S. The summed E-state index contributed by atoms with van der Waals surface area (Å²) in [6, 6.07) is 16.2. The summed E-state index contributed by atoms with van der Waals surface area (Å²) in [5.41, 5.74) is 1.95. The van der Waals surface area contributed by atoms with Gasteiger partial charge in [0.05, 0.1) is 7.05 Å². The highest BCUT2D eigenvalue weighted by Gasteiger charge is 2.11. The lowest BCUT2D eigenvalue weighted by atomic mass is 10.2. The van der Waals surface area contributed by atoms with Gasteiger partial charge in [0, 0.05) is 11.1 Å². The van der Waals surface area contributed by atoms with Crippen LogP contribution >= 0.6 is 12.2 Å². The summed E-state index contributed by atoms with van der Waals surface area (Å²) in [6.45, 7) is 1.32. The molecule has 23 heavy (non-hydrogen) atoms. The summed E-state index contributed by atoms with van der Waals surface area (Å²) >= 11 is 5.24. The Balaban J connectivity index is 1.71. The predicted molar refractivity (Wildman–Crippen MR) is 87.8 cm³/mol. The fourth-order valence-electron chi connectivity index (χ4n) is 2.37. The Morgan fingerprint density at radius 1 is 1.13 bits per heavy atom. The van der Waals surface area contributed by atoms with Crippen LogP contribution in [0.3, 0.4) is 0 Å². The zero-order valence-corrected chi connectivity index (χ0v) is 13.5. The standard InChI is InChI=1S/C17H16FN3OS/c1-20(11-13-7-9-15(18)10-8-13)12-21-17(23)22-16(19-21)14-5-3-2-4-6-14/h2-10H,11-12H2,1H3/p+1.